The first-order valence-electron chi connectivity index (χ1n) is 8.95. The molecular weight excluding hydrogens is 441 g/mol. The third-order valence-corrected chi connectivity index (χ3v) is 5.36. The van der Waals surface area contributed by atoms with Crippen LogP contribution in [0.25, 0.3) is 22.6 Å². The quantitative estimate of drug-likeness (QED) is 0.358. The molecule has 1 heterocycles. The topological polar surface area (TPSA) is 67.2 Å². The number of hydrogen-bond acceptors (Lipinski definition) is 4. The van der Waals surface area contributed by atoms with Crippen LogP contribution in [0.1, 0.15) is 15.9 Å². The predicted octanol–water partition coefficient (Wildman–Crippen LogP) is 6.24. The van der Waals surface area contributed by atoms with Gasteiger partial charge in [-0.25, -0.2) is 4.98 Å². The molecular formula is C22H15Cl2N3O2S. The first kappa shape index (κ1) is 20.3. The fourth-order valence-corrected chi connectivity index (χ4v) is 3.51. The van der Waals surface area contributed by atoms with Crippen molar-refractivity contribution in [3.05, 3.63) is 81.8 Å². The molecule has 0 saturated carbocycles. The minimum absolute atomic E-state index is 0.183. The van der Waals surface area contributed by atoms with Crippen LogP contribution in [-0.4, -0.2) is 16.0 Å². The van der Waals surface area contributed by atoms with Crippen LogP contribution in [-0.2, 0) is 0 Å². The fourth-order valence-electron chi connectivity index (χ4n) is 2.91. The van der Waals surface area contributed by atoms with E-state index in [2.05, 4.69) is 15.6 Å². The van der Waals surface area contributed by atoms with Crippen LogP contribution in [0.15, 0.2) is 65.1 Å². The molecule has 3 aromatic carbocycles. The summed E-state index contributed by atoms with van der Waals surface area (Å²) in [5.74, 6) is 0.0848. The van der Waals surface area contributed by atoms with Gasteiger partial charge in [0.2, 0.25) is 5.89 Å². The van der Waals surface area contributed by atoms with Crippen LogP contribution < -0.4 is 10.6 Å². The van der Waals surface area contributed by atoms with Crippen LogP contribution >= 0.6 is 35.4 Å². The van der Waals surface area contributed by atoms with Crippen molar-refractivity contribution in [2.45, 2.75) is 6.92 Å². The number of rotatable bonds is 3. The van der Waals surface area contributed by atoms with Crippen LogP contribution in [0, 0.1) is 6.92 Å². The fraction of sp³-hybridized carbons (Fsp3) is 0.0455. The summed E-state index contributed by atoms with van der Waals surface area (Å²) in [6, 6.07) is 17.8. The monoisotopic (exact) mass is 455 g/mol. The molecule has 1 aromatic heterocycles. The van der Waals surface area contributed by atoms with E-state index in [-0.39, 0.29) is 11.0 Å². The Bertz CT molecular complexity index is 1290. The smallest absolute Gasteiger partial charge is 0.257 e. The number of aryl methyl sites for hydroxylation is 1. The first-order valence-corrected chi connectivity index (χ1v) is 10.1. The largest absolute Gasteiger partial charge is 0.436 e. The van der Waals surface area contributed by atoms with Crippen molar-refractivity contribution in [2.24, 2.45) is 0 Å². The minimum Gasteiger partial charge on any atom is -0.436 e. The molecule has 8 heteroatoms. The summed E-state index contributed by atoms with van der Waals surface area (Å²) in [7, 11) is 0. The highest BCUT2D eigenvalue weighted by Gasteiger charge is 2.14. The van der Waals surface area contributed by atoms with Crippen molar-refractivity contribution < 1.29 is 9.21 Å². The Balaban J connectivity index is 1.52. The number of hydrogen-bond donors (Lipinski definition) is 2. The van der Waals surface area contributed by atoms with Gasteiger partial charge < -0.3 is 9.73 Å². The Morgan fingerprint density at radius 3 is 2.67 bits per heavy atom. The Morgan fingerprint density at radius 2 is 1.87 bits per heavy atom. The van der Waals surface area contributed by atoms with Crippen molar-refractivity contribution in [1.29, 1.82) is 0 Å². The third kappa shape index (κ3) is 4.31. The van der Waals surface area contributed by atoms with E-state index in [1.165, 1.54) is 0 Å². The number of nitrogens with one attached hydrogen (secondary N) is 2. The van der Waals surface area contributed by atoms with Crippen molar-refractivity contribution in [3.8, 4) is 11.5 Å². The lowest BCUT2D eigenvalue weighted by molar-refractivity contribution is 0.0977. The number of oxazole rings is 1. The molecule has 4 rings (SSSR count). The van der Waals surface area contributed by atoms with Crippen LogP contribution in [0.3, 0.4) is 0 Å². The average molecular weight is 456 g/mol. The summed E-state index contributed by atoms with van der Waals surface area (Å²) in [4.78, 5) is 16.8. The molecule has 30 heavy (non-hydrogen) atoms. The molecule has 0 radical (unpaired) electrons. The summed E-state index contributed by atoms with van der Waals surface area (Å²) in [5, 5.41) is 6.65. The number of fused-ring (bicyclic) bond motifs is 1. The molecule has 1 amide bonds. The number of thiocarbonyl (C=S) groups is 1. The standard InChI is InChI=1S/C22H15Cl2N3O2S/c1-12-4-2-5-13(10-12)20(28)27-22(30)25-14-8-9-18-17(11-14)26-21(29-18)15-6-3-7-16(23)19(15)24/h2-11H,1H3,(H2,25,27,28,30). The maximum absolute atomic E-state index is 12.3. The van der Waals surface area contributed by atoms with E-state index >= 15 is 0 Å². The highest BCUT2D eigenvalue weighted by Crippen LogP contribution is 2.34. The van der Waals surface area contributed by atoms with Crippen molar-refractivity contribution >= 4 is 63.2 Å². The van der Waals surface area contributed by atoms with Crippen molar-refractivity contribution in [3.63, 3.8) is 0 Å². The zero-order valence-electron chi connectivity index (χ0n) is 15.7. The van der Waals surface area contributed by atoms with E-state index in [0.29, 0.717) is 43.9 Å². The second-order valence-corrected chi connectivity index (χ2v) is 7.77. The van der Waals surface area contributed by atoms with Crippen LogP contribution in [0.2, 0.25) is 10.0 Å². The lowest BCUT2D eigenvalue weighted by Crippen LogP contribution is -2.34. The maximum atomic E-state index is 12.3. The number of amides is 1. The van der Waals surface area contributed by atoms with Crippen molar-refractivity contribution in [1.82, 2.24) is 10.3 Å². The van der Waals surface area contributed by atoms with E-state index in [9.17, 15) is 4.79 Å². The van der Waals surface area contributed by atoms with E-state index in [1.54, 1.807) is 48.5 Å². The van der Waals surface area contributed by atoms with Gasteiger partial charge in [-0.05, 0) is 61.6 Å². The molecule has 0 aliphatic heterocycles. The molecule has 5 nitrogen and oxygen atoms in total. The van der Waals surface area contributed by atoms with Gasteiger partial charge in [0.05, 0.1) is 15.6 Å². The Labute approximate surface area is 188 Å². The first-order chi connectivity index (χ1) is 14.4. The van der Waals surface area contributed by atoms with Gasteiger partial charge in [0.15, 0.2) is 10.7 Å². The molecule has 0 spiro atoms. The predicted molar refractivity (Wildman–Crippen MR) is 124 cm³/mol. The molecule has 0 aliphatic carbocycles. The normalized spacial score (nSPS) is 10.8. The average Bonchev–Trinajstić information content (AvgIpc) is 3.13. The second kappa shape index (κ2) is 8.44. The SMILES string of the molecule is Cc1cccc(C(=O)NC(=S)Nc2ccc3oc(-c4cccc(Cl)c4Cl)nc3c2)c1. The summed E-state index contributed by atoms with van der Waals surface area (Å²) in [5.41, 5.74) is 3.99. The molecule has 0 bridgehead atoms. The molecule has 4 aromatic rings. The van der Waals surface area contributed by atoms with Crippen LogP contribution in [0.4, 0.5) is 5.69 Å². The number of anilines is 1. The Hall–Kier alpha value is -2.93. The molecule has 150 valence electrons. The molecule has 2 N–H and O–H groups in total. The second-order valence-electron chi connectivity index (χ2n) is 6.58. The van der Waals surface area contributed by atoms with Gasteiger partial charge in [0.1, 0.15) is 5.52 Å². The Morgan fingerprint density at radius 1 is 1.07 bits per heavy atom. The van der Waals surface area contributed by atoms with Gasteiger partial charge in [-0.1, -0.05) is 47.0 Å². The minimum atomic E-state index is -0.281. The van der Waals surface area contributed by atoms with Gasteiger partial charge in [-0.2, -0.15) is 0 Å². The molecule has 0 saturated heterocycles. The van der Waals surface area contributed by atoms with Gasteiger partial charge in [0.25, 0.3) is 5.91 Å². The lowest BCUT2D eigenvalue weighted by Gasteiger charge is -2.09. The van der Waals surface area contributed by atoms with Gasteiger partial charge in [-0.15, -0.1) is 0 Å². The van der Waals surface area contributed by atoms with E-state index in [4.69, 9.17) is 39.8 Å². The number of carbonyl (C=O) groups is 1. The lowest BCUT2D eigenvalue weighted by atomic mass is 10.1. The van der Waals surface area contributed by atoms with E-state index in [1.807, 2.05) is 19.1 Å². The Kier molecular flexibility index (Phi) is 5.72. The van der Waals surface area contributed by atoms with Gasteiger partial charge in [-0.3, -0.25) is 10.1 Å². The third-order valence-electron chi connectivity index (χ3n) is 4.33. The summed E-state index contributed by atoms with van der Waals surface area (Å²) in [6.07, 6.45) is 0. The van der Waals surface area contributed by atoms with E-state index < -0.39 is 0 Å². The maximum Gasteiger partial charge on any atom is 0.257 e. The number of aromatic nitrogens is 1. The summed E-state index contributed by atoms with van der Waals surface area (Å²) < 4.78 is 5.80. The molecule has 0 fully saturated rings. The van der Waals surface area contributed by atoms with Gasteiger partial charge in [0, 0.05) is 11.3 Å². The number of halogens is 2. The molecule has 0 atom stereocenters. The van der Waals surface area contributed by atoms with Gasteiger partial charge >= 0.3 is 0 Å². The molecule has 0 aliphatic rings. The molecule has 0 unspecified atom stereocenters. The highest BCUT2D eigenvalue weighted by atomic mass is 35.5. The number of carbonyl (C=O) groups excluding carboxylic acids is 1. The van der Waals surface area contributed by atoms with E-state index in [0.717, 1.165) is 5.56 Å². The zero-order chi connectivity index (χ0) is 21.3. The number of nitrogens with zero attached hydrogens (tertiary/aromatic N) is 1. The highest BCUT2D eigenvalue weighted by molar-refractivity contribution is 7.80. The summed E-state index contributed by atoms with van der Waals surface area (Å²) >= 11 is 17.6. The summed E-state index contributed by atoms with van der Waals surface area (Å²) in [6.45, 7) is 1.92. The van der Waals surface area contributed by atoms with Crippen molar-refractivity contribution in [2.75, 3.05) is 5.32 Å². The number of benzene rings is 3. The van der Waals surface area contributed by atoms with Crippen LogP contribution in [0.5, 0.6) is 0 Å². The zero-order valence-corrected chi connectivity index (χ0v) is 18.0.